The number of hydrogen-bond donors (Lipinski definition) is 4. The Hall–Kier alpha value is -7.84. The number of hydrogen-bond acceptors (Lipinski definition) is 18. The van der Waals surface area contributed by atoms with Crippen LogP contribution in [0.3, 0.4) is 0 Å². The number of piperazine rings is 1. The Labute approximate surface area is 568 Å². The standard InChI is InChI=1S/C69H84F5N11O10S2/c1-37(39-17-19-40(20-18-39)56-38(2)76-36-96-56)77-60(88)50-29-44(86)34-84(50)62(89)58(66(3,4)5)78-51(87)16-13-27-92-28-14-26-82-25-12-15-43(82)35-93-63-79-55-46(59(80-63)83-32-41-21-22-42(33-83)85(41)65(91)95-68(9,10)11)30-48(69(72,73)74)53(54(55)71)45-23-24-49(70)57-52(45)47(31-75)61(97-57)81-64(90)94-67(6,7)8/h17-20,23-24,30,36-37,41-44,50,58,86H,12-16,21-22,25-29,32-35H2,1-11H3,(H,77,88)(H,78,87)(H,81,90)/t37-,41?,42?,43-,44+,50-,58+/m0/s1. The molecule has 28 heteroatoms. The third-order valence-corrected chi connectivity index (χ3v) is 19.9. The number of anilines is 2. The van der Waals surface area contributed by atoms with Crippen molar-refractivity contribution in [3.63, 3.8) is 0 Å². The van der Waals surface area contributed by atoms with Crippen LogP contribution in [0.25, 0.3) is 42.6 Å². The van der Waals surface area contributed by atoms with Gasteiger partial charge in [0.1, 0.15) is 58.1 Å². The normalized spacial score (nSPS) is 19.9. The molecule has 4 fully saturated rings. The van der Waals surface area contributed by atoms with Crippen LogP contribution in [0.4, 0.5) is 42.4 Å². The van der Waals surface area contributed by atoms with Gasteiger partial charge in [-0.2, -0.15) is 28.4 Å². The lowest BCUT2D eigenvalue weighted by Crippen LogP contribution is -2.57. The Bertz CT molecular complexity index is 3960. The molecule has 7 atom stereocenters. The molecule has 6 aromatic rings. The first-order valence-electron chi connectivity index (χ1n) is 32.7. The minimum absolute atomic E-state index is 0.00761. The van der Waals surface area contributed by atoms with E-state index in [4.69, 9.17) is 23.9 Å². The Morgan fingerprint density at radius 3 is 2.21 bits per heavy atom. The molecule has 0 spiro atoms. The zero-order valence-corrected chi connectivity index (χ0v) is 58.0. The highest BCUT2D eigenvalue weighted by Gasteiger charge is 2.48. The Morgan fingerprint density at radius 1 is 0.876 bits per heavy atom. The SMILES string of the molecule is Cc1ncsc1-c1ccc([C@H](C)NC(=O)[C@@H]2C[C@@H](O)CN2C(=O)[C@@H](NC(=O)CCCOCCCN2CCC[C@H]2COc2nc(N3CC4CCC(C3)N4C(=O)OC(C)(C)C)c3cc(C(F)(F)F)c(-c4ccc(F)c5sc(NC(=O)OC(C)(C)C)c(C#N)c45)c(F)c3n2)C(C)(C)C)cc1. The number of nitriles is 1. The molecular formula is C69H84F5N11O10S2. The number of aliphatic hydroxyl groups is 1. The minimum Gasteiger partial charge on any atom is -0.462 e. The molecule has 97 heavy (non-hydrogen) atoms. The number of β-amino-alcohol motifs (C(OH)–C–C–N with tert-alkyl or cyclic N) is 1. The van der Waals surface area contributed by atoms with E-state index in [1.165, 1.54) is 4.90 Å². The number of alkyl halides is 3. The number of carbonyl (C=O) groups excluding carboxylic acids is 5. The number of thiazole rings is 1. The van der Waals surface area contributed by atoms with Crippen LogP contribution in [0.2, 0.25) is 0 Å². The third kappa shape index (κ3) is 16.5. The van der Waals surface area contributed by atoms with Crippen molar-refractivity contribution in [2.45, 2.75) is 187 Å². The van der Waals surface area contributed by atoms with Crippen molar-refractivity contribution in [2.24, 2.45) is 5.41 Å². The number of amides is 5. The summed E-state index contributed by atoms with van der Waals surface area (Å²) in [6, 6.07) is 8.53. The number of rotatable bonds is 20. The number of fused-ring (bicyclic) bond motifs is 4. The van der Waals surface area contributed by atoms with Gasteiger partial charge in [-0.15, -0.1) is 22.7 Å². The first kappa shape index (κ1) is 71.9. The van der Waals surface area contributed by atoms with Crippen molar-refractivity contribution in [2.75, 3.05) is 62.8 Å². The van der Waals surface area contributed by atoms with Crippen molar-refractivity contribution in [3.05, 3.63) is 82.0 Å². The van der Waals surface area contributed by atoms with Gasteiger partial charge in [-0.25, -0.2) is 23.4 Å². The van der Waals surface area contributed by atoms with Crippen molar-refractivity contribution in [3.8, 4) is 33.6 Å². The first-order chi connectivity index (χ1) is 45.7. The first-order valence-corrected chi connectivity index (χ1v) is 34.4. The fourth-order valence-corrected chi connectivity index (χ4v) is 15.1. The summed E-state index contributed by atoms with van der Waals surface area (Å²) in [5, 5.41) is 28.7. The molecule has 4 aliphatic heterocycles. The summed E-state index contributed by atoms with van der Waals surface area (Å²) in [4.78, 5) is 89.7. The van der Waals surface area contributed by atoms with Crippen molar-refractivity contribution < 1.29 is 70.0 Å². The average molecular weight is 1390 g/mol. The Kier molecular flexibility index (Phi) is 21.4. The molecule has 5 amide bonds. The van der Waals surface area contributed by atoms with Crippen LogP contribution >= 0.6 is 22.7 Å². The van der Waals surface area contributed by atoms with Gasteiger partial charge in [-0.05, 0) is 135 Å². The maximum Gasteiger partial charge on any atom is 0.417 e. The summed E-state index contributed by atoms with van der Waals surface area (Å²) >= 11 is 2.13. The molecule has 21 nitrogen and oxygen atoms in total. The molecule has 0 saturated carbocycles. The maximum absolute atomic E-state index is 18.0. The smallest absolute Gasteiger partial charge is 0.417 e. The molecule has 2 unspecified atom stereocenters. The second-order valence-corrected chi connectivity index (χ2v) is 30.3. The molecular weight excluding hydrogens is 1300 g/mol. The van der Waals surface area contributed by atoms with Crippen LogP contribution in [0.1, 0.15) is 149 Å². The molecule has 3 aromatic heterocycles. The zero-order chi connectivity index (χ0) is 70.2. The molecule has 4 saturated heterocycles. The molecule has 0 radical (unpaired) electrons. The molecule has 4 N–H and O–H groups in total. The van der Waals surface area contributed by atoms with Gasteiger partial charge in [0.15, 0.2) is 5.82 Å². The molecule has 3 aromatic carbocycles. The van der Waals surface area contributed by atoms with Crippen LogP contribution < -0.4 is 25.6 Å². The number of halogens is 5. The van der Waals surface area contributed by atoms with E-state index in [2.05, 4.69) is 30.8 Å². The van der Waals surface area contributed by atoms with Crippen molar-refractivity contribution in [1.29, 1.82) is 5.26 Å². The maximum atomic E-state index is 18.0. The van der Waals surface area contributed by atoms with E-state index in [0.29, 0.717) is 63.1 Å². The van der Waals surface area contributed by atoms with Crippen molar-refractivity contribution >= 4 is 84.4 Å². The third-order valence-electron chi connectivity index (χ3n) is 17.8. The number of aliphatic hydroxyl groups excluding tert-OH is 1. The van der Waals surface area contributed by atoms with Crippen LogP contribution in [0, 0.1) is 35.3 Å². The van der Waals surface area contributed by atoms with Gasteiger partial charge in [0.2, 0.25) is 17.7 Å². The number of thiophene rings is 1. The fourth-order valence-electron chi connectivity index (χ4n) is 13.2. The summed E-state index contributed by atoms with van der Waals surface area (Å²) in [7, 11) is 0. The molecule has 7 heterocycles. The zero-order valence-electron chi connectivity index (χ0n) is 56.4. The van der Waals surface area contributed by atoms with Gasteiger partial charge in [-0.3, -0.25) is 29.5 Å². The largest absolute Gasteiger partial charge is 0.462 e. The summed E-state index contributed by atoms with van der Waals surface area (Å²) in [6.45, 7) is 21.3. The van der Waals surface area contributed by atoms with Crippen LogP contribution in [0.5, 0.6) is 6.01 Å². The summed E-state index contributed by atoms with van der Waals surface area (Å²) in [6.07, 6.45) is -4.08. The Balaban J connectivity index is 0.796. The molecule has 2 bridgehead atoms. The number of carbonyl (C=O) groups is 5. The summed E-state index contributed by atoms with van der Waals surface area (Å²) in [5.41, 5.74) is -1.88. The average Bonchev–Trinajstić information content (AvgIpc) is 1.70. The van der Waals surface area contributed by atoms with Crippen molar-refractivity contribution in [1.82, 2.24) is 40.3 Å². The van der Waals surface area contributed by atoms with E-state index in [1.54, 1.807) is 68.2 Å². The quantitative estimate of drug-likeness (QED) is 0.0409. The van der Waals surface area contributed by atoms with Gasteiger partial charge in [0.05, 0.1) is 56.1 Å². The van der Waals surface area contributed by atoms with Gasteiger partial charge >= 0.3 is 24.4 Å². The second kappa shape index (κ2) is 28.9. The highest BCUT2D eigenvalue weighted by molar-refractivity contribution is 7.23. The predicted octanol–water partition coefficient (Wildman–Crippen LogP) is 12.4. The lowest BCUT2D eigenvalue weighted by Gasteiger charge is -2.42. The van der Waals surface area contributed by atoms with E-state index in [9.17, 15) is 34.3 Å². The topological polar surface area (TPSA) is 254 Å². The van der Waals surface area contributed by atoms with Crippen LogP contribution in [-0.2, 0) is 34.8 Å². The van der Waals surface area contributed by atoms with E-state index in [1.807, 2.05) is 65.0 Å². The van der Waals surface area contributed by atoms with E-state index in [0.717, 1.165) is 46.3 Å². The number of nitrogens with one attached hydrogen (secondary N) is 3. The van der Waals surface area contributed by atoms with Crippen LogP contribution in [-0.4, -0.2) is 165 Å². The summed E-state index contributed by atoms with van der Waals surface area (Å²) < 4.78 is 104. The van der Waals surface area contributed by atoms with E-state index < -0.39 is 123 Å². The monoisotopic (exact) mass is 1390 g/mol. The summed E-state index contributed by atoms with van der Waals surface area (Å²) in [5.74, 6) is -3.71. The minimum atomic E-state index is -5.24. The molecule has 10 rings (SSSR count). The highest BCUT2D eigenvalue weighted by atomic mass is 32.1. The van der Waals surface area contributed by atoms with Gasteiger partial charge < -0.3 is 44.5 Å². The van der Waals surface area contributed by atoms with E-state index >= 15 is 22.0 Å². The lowest BCUT2D eigenvalue weighted by molar-refractivity contribution is -0.144. The van der Waals surface area contributed by atoms with Gasteiger partial charge in [0.25, 0.3) is 0 Å². The number of ether oxygens (including phenoxy) is 4. The molecule has 522 valence electrons. The molecule has 4 aliphatic rings. The molecule has 0 aliphatic carbocycles. The number of nitrogens with zero attached hydrogens (tertiary/aromatic N) is 8. The Morgan fingerprint density at radius 2 is 1.57 bits per heavy atom. The number of aryl methyl sites for hydroxylation is 1. The highest BCUT2D eigenvalue weighted by Crippen LogP contribution is 2.49. The number of likely N-dealkylation sites (tertiary alicyclic amines) is 2. The number of benzene rings is 3. The fraction of sp³-hybridized carbons (Fsp3) is 0.551. The van der Waals surface area contributed by atoms with Gasteiger partial charge in [-0.1, -0.05) is 51.1 Å². The second-order valence-electron chi connectivity index (χ2n) is 28.5. The van der Waals surface area contributed by atoms with Gasteiger partial charge in [0, 0.05) is 74.6 Å². The van der Waals surface area contributed by atoms with Crippen LogP contribution in [0.15, 0.2) is 48.0 Å². The lowest BCUT2D eigenvalue weighted by atomic mass is 9.85. The predicted molar refractivity (Wildman–Crippen MR) is 358 cm³/mol. The van der Waals surface area contributed by atoms with E-state index in [-0.39, 0.29) is 89.9 Å². The number of aromatic nitrogens is 3.